The predicted molar refractivity (Wildman–Crippen MR) is 110 cm³/mol. The molecule has 27 heavy (non-hydrogen) atoms. The molecule has 0 aliphatic carbocycles. The third kappa shape index (κ3) is 4.30. The van der Waals surface area contributed by atoms with Gasteiger partial charge in [-0.05, 0) is 43.5 Å². The zero-order valence-corrected chi connectivity index (χ0v) is 16.3. The number of benzene rings is 2. The molecule has 3 rings (SSSR count). The molecule has 5 heteroatoms. The predicted octanol–water partition coefficient (Wildman–Crippen LogP) is 4.11. The summed E-state index contributed by atoms with van der Waals surface area (Å²) in [6.45, 7) is 8.84. The number of carbonyl (C=O) groups excluding carboxylic acids is 2. The molecule has 142 valence electrons. The smallest absolute Gasteiger partial charge is 0.321 e. The lowest BCUT2D eigenvalue weighted by Gasteiger charge is -2.37. The van der Waals surface area contributed by atoms with E-state index in [0.717, 1.165) is 19.5 Å². The number of nitrogens with zero attached hydrogens (tertiary/aromatic N) is 2. The maximum atomic E-state index is 12.6. The highest BCUT2D eigenvalue weighted by atomic mass is 16.2. The standard InChI is InChI=1S/C22H27N3O2/c1-4-18-8-5-7-16(2)21(18)24-11-13-25(14-12-24)22(27)23-20-10-6-9-19(15-20)17(3)26/h5-10,15H,4,11-14H2,1-3H3,(H,23,27). The Balaban J connectivity index is 1.63. The van der Waals surface area contributed by atoms with E-state index < -0.39 is 0 Å². The van der Waals surface area contributed by atoms with Crippen LogP contribution < -0.4 is 10.2 Å². The zero-order valence-electron chi connectivity index (χ0n) is 16.3. The molecule has 1 fully saturated rings. The molecule has 1 heterocycles. The highest BCUT2D eigenvalue weighted by Crippen LogP contribution is 2.27. The van der Waals surface area contributed by atoms with Crippen LogP contribution in [-0.2, 0) is 6.42 Å². The Morgan fingerprint density at radius 2 is 1.74 bits per heavy atom. The van der Waals surface area contributed by atoms with Crippen LogP contribution in [-0.4, -0.2) is 42.9 Å². The van der Waals surface area contributed by atoms with Crippen molar-refractivity contribution in [2.24, 2.45) is 0 Å². The first-order valence-electron chi connectivity index (χ1n) is 9.50. The van der Waals surface area contributed by atoms with E-state index in [2.05, 4.69) is 42.3 Å². The Kier molecular flexibility index (Phi) is 5.79. The summed E-state index contributed by atoms with van der Waals surface area (Å²) in [4.78, 5) is 28.3. The normalized spacial score (nSPS) is 14.2. The van der Waals surface area contributed by atoms with Crippen LogP contribution in [0.3, 0.4) is 0 Å². The van der Waals surface area contributed by atoms with E-state index in [4.69, 9.17) is 0 Å². The highest BCUT2D eigenvalue weighted by molar-refractivity contribution is 5.96. The van der Waals surface area contributed by atoms with Gasteiger partial charge in [-0.2, -0.15) is 0 Å². The number of Topliss-reactive ketones (excluding diaryl/α,β-unsaturated/α-hetero) is 1. The van der Waals surface area contributed by atoms with Gasteiger partial charge < -0.3 is 15.1 Å². The van der Waals surface area contributed by atoms with E-state index in [-0.39, 0.29) is 11.8 Å². The van der Waals surface area contributed by atoms with Crippen molar-refractivity contribution >= 4 is 23.2 Å². The molecule has 0 unspecified atom stereocenters. The van der Waals surface area contributed by atoms with Gasteiger partial charge in [0.15, 0.2) is 5.78 Å². The summed E-state index contributed by atoms with van der Waals surface area (Å²) in [5.41, 5.74) is 5.21. The summed E-state index contributed by atoms with van der Waals surface area (Å²) in [7, 11) is 0. The SMILES string of the molecule is CCc1cccc(C)c1N1CCN(C(=O)Nc2cccc(C(C)=O)c2)CC1. The number of urea groups is 1. The second kappa shape index (κ2) is 8.25. The van der Waals surface area contributed by atoms with Crippen LogP contribution >= 0.6 is 0 Å². The Morgan fingerprint density at radius 3 is 2.41 bits per heavy atom. The monoisotopic (exact) mass is 365 g/mol. The number of rotatable bonds is 4. The van der Waals surface area contributed by atoms with Crippen molar-refractivity contribution in [2.45, 2.75) is 27.2 Å². The molecule has 2 aromatic carbocycles. The van der Waals surface area contributed by atoms with Gasteiger partial charge in [0.2, 0.25) is 0 Å². The number of nitrogens with one attached hydrogen (secondary N) is 1. The largest absolute Gasteiger partial charge is 0.368 e. The van der Waals surface area contributed by atoms with E-state index in [9.17, 15) is 9.59 Å². The van der Waals surface area contributed by atoms with Crippen molar-refractivity contribution in [3.63, 3.8) is 0 Å². The first-order valence-corrected chi connectivity index (χ1v) is 9.50. The first-order chi connectivity index (χ1) is 13.0. The van der Waals surface area contributed by atoms with E-state index in [1.54, 1.807) is 24.3 Å². The fourth-order valence-electron chi connectivity index (χ4n) is 3.61. The summed E-state index contributed by atoms with van der Waals surface area (Å²) >= 11 is 0. The number of piperazine rings is 1. The van der Waals surface area contributed by atoms with Crippen LogP contribution in [0.15, 0.2) is 42.5 Å². The topological polar surface area (TPSA) is 52.6 Å². The number of amides is 2. The van der Waals surface area contributed by atoms with Crippen molar-refractivity contribution in [3.8, 4) is 0 Å². The number of ketones is 1. The van der Waals surface area contributed by atoms with Gasteiger partial charge in [0, 0.05) is 43.1 Å². The van der Waals surface area contributed by atoms with E-state index in [1.165, 1.54) is 23.7 Å². The van der Waals surface area contributed by atoms with E-state index >= 15 is 0 Å². The summed E-state index contributed by atoms with van der Waals surface area (Å²) in [5.74, 6) is -0.00956. The van der Waals surface area contributed by atoms with Crippen LogP contribution in [0.2, 0.25) is 0 Å². The third-order valence-corrected chi connectivity index (χ3v) is 5.11. The second-order valence-corrected chi connectivity index (χ2v) is 6.98. The lowest BCUT2D eigenvalue weighted by Crippen LogP contribution is -2.50. The van der Waals surface area contributed by atoms with Crippen LogP contribution in [0.4, 0.5) is 16.2 Å². The maximum absolute atomic E-state index is 12.6. The molecule has 0 spiro atoms. The van der Waals surface area contributed by atoms with E-state index in [0.29, 0.717) is 24.3 Å². The lowest BCUT2D eigenvalue weighted by atomic mass is 10.0. The molecule has 0 aromatic heterocycles. The Morgan fingerprint density at radius 1 is 1.04 bits per heavy atom. The second-order valence-electron chi connectivity index (χ2n) is 6.98. The lowest BCUT2D eigenvalue weighted by molar-refractivity contribution is 0.101. The van der Waals surface area contributed by atoms with Crippen LogP contribution in [0, 0.1) is 6.92 Å². The maximum Gasteiger partial charge on any atom is 0.321 e. The fourth-order valence-corrected chi connectivity index (χ4v) is 3.61. The van der Waals surface area contributed by atoms with Gasteiger partial charge in [-0.15, -0.1) is 0 Å². The summed E-state index contributed by atoms with van der Waals surface area (Å²) in [5, 5.41) is 2.91. The molecule has 1 N–H and O–H groups in total. The van der Waals surface area contributed by atoms with Crippen LogP contribution in [0.5, 0.6) is 0 Å². The Labute approximate surface area is 161 Å². The molecule has 2 aromatic rings. The van der Waals surface area contributed by atoms with Crippen molar-refractivity contribution < 1.29 is 9.59 Å². The minimum absolute atomic E-state index is 0.00956. The van der Waals surface area contributed by atoms with Gasteiger partial charge >= 0.3 is 6.03 Å². The van der Waals surface area contributed by atoms with Gasteiger partial charge in [-0.1, -0.05) is 37.3 Å². The molecular formula is C22H27N3O2. The van der Waals surface area contributed by atoms with Gasteiger partial charge in [0.25, 0.3) is 0 Å². The number of hydrogen-bond donors (Lipinski definition) is 1. The minimum atomic E-state index is -0.115. The number of anilines is 2. The molecule has 5 nitrogen and oxygen atoms in total. The Hall–Kier alpha value is -2.82. The fraction of sp³-hybridized carbons (Fsp3) is 0.364. The van der Waals surface area contributed by atoms with Crippen LogP contribution in [0.25, 0.3) is 0 Å². The van der Waals surface area contributed by atoms with Crippen molar-refractivity contribution in [1.82, 2.24) is 4.90 Å². The summed E-state index contributed by atoms with van der Waals surface area (Å²) in [6, 6.07) is 13.4. The van der Waals surface area contributed by atoms with Gasteiger partial charge in [0.05, 0.1) is 0 Å². The number of aryl methyl sites for hydroxylation is 2. The van der Waals surface area contributed by atoms with Crippen molar-refractivity contribution in [3.05, 3.63) is 59.2 Å². The van der Waals surface area contributed by atoms with Crippen molar-refractivity contribution in [2.75, 3.05) is 36.4 Å². The van der Waals surface area contributed by atoms with Gasteiger partial charge in [0.1, 0.15) is 0 Å². The number of carbonyl (C=O) groups is 2. The number of para-hydroxylation sites is 1. The van der Waals surface area contributed by atoms with Gasteiger partial charge in [-0.3, -0.25) is 4.79 Å². The summed E-state index contributed by atoms with van der Waals surface area (Å²) in [6.07, 6.45) is 1.00. The average molecular weight is 365 g/mol. The Bertz CT molecular complexity index is 839. The zero-order chi connectivity index (χ0) is 19.4. The molecule has 1 saturated heterocycles. The molecule has 1 aliphatic heterocycles. The molecule has 0 bridgehead atoms. The van der Waals surface area contributed by atoms with Crippen molar-refractivity contribution in [1.29, 1.82) is 0 Å². The molecule has 0 radical (unpaired) electrons. The minimum Gasteiger partial charge on any atom is -0.368 e. The molecule has 0 atom stereocenters. The summed E-state index contributed by atoms with van der Waals surface area (Å²) < 4.78 is 0. The molecule has 2 amide bonds. The average Bonchev–Trinajstić information content (AvgIpc) is 2.68. The quantitative estimate of drug-likeness (QED) is 0.830. The first kappa shape index (κ1) is 19.0. The molecule has 1 aliphatic rings. The third-order valence-electron chi connectivity index (χ3n) is 5.11. The van der Waals surface area contributed by atoms with Crippen LogP contribution in [0.1, 0.15) is 35.3 Å². The highest BCUT2D eigenvalue weighted by Gasteiger charge is 2.23. The van der Waals surface area contributed by atoms with Gasteiger partial charge in [-0.25, -0.2) is 4.79 Å². The van der Waals surface area contributed by atoms with E-state index in [1.807, 2.05) is 4.90 Å². The molecule has 0 saturated carbocycles. The number of hydrogen-bond acceptors (Lipinski definition) is 3. The molecular weight excluding hydrogens is 338 g/mol.